The maximum Gasteiger partial charge on any atom is 0.408 e. The zero-order chi connectivity index (χ0) is 45.0. The number of rotatable bonds is 11. The fourth-order valence-electron chi connectivity index (χ4n) is 9.49. The molecule has 3 aliphatic heterocycles. The van der Waals surface area contributed by atoms with E-state index in [-0.39, 0.29) is 44.0 Å². The molecule has 1 aromatic heterocycles. The summed E-state index contributed by atoms with van der Waals surface area (Å²) < 4.78 is 37.1. The Hall–Kier alpha value is -4.28. The third kappa shape index (κ3) is 10.2. The van der Waals surface area contributed by atoms with Gasteiger partial charge in [0.1, 0.15) is 23.4 Å². The predicted molar refractivity (Wildman–Crippen MR) is 226 cm³/mol. The van der Waals surface area contributed by atoms with Crippen molar-refractivity contribution in [2.45, 2.75) is 142 Å². The molecule has 0 aliphatic carbocycles. The molecule has 61 heavy (non-hydrogen) atoms. The molecule has 0 radical (unpaired) electrons. The van der Waals surface area contributed by atoms with Crippen LogP contribution in [0.5, 0.6) is 0 Å². The smallest absolute Gasteiger partial charge is 0.408 e. The minimum atomic E-state index is -2.14. The molecule has 336 valence electrons. The van der Waals surface area contributed by atoms with Crippen molar-refractivity contribution in [1.29, 1.82) is 0 Å². The lowest BCUT2D eigenvalue weighted by molar-refractivity contribution is -0.297. The molecule has 15 nitrogen and oxygen atoms in total. The molecule has 3 fully saturated rings. The Morgan fingerprint density at radius 1 is 1.05 bits per heavy atom. The molecule has 0 saturated carbocycles. The number of aliphatic hydroxyl groups excluding tert-OH is 1. The Morgan fingerprint density at radius 3 is 2.43 bits per heavy atom. The standard InChI is InChI=1S/C46H65N3O12/c1-12-34-46(9)38(48-43(55)61-46)28(5)36(51)26(3)23-45(8,57-20-16-17-30-22-31-18-14-15-19-32(31)47-25-30)40(60-41-37(52)33(49(10)11)21-27(4)58-41)29(6)39(53)44(7,42(54)59-34)24-35(50)56-13-2/h14-19,22,25-29,33-34,37-38,40-41,52H,12-13,20-21,23-24H2,1-11H3,(H,48,55)/b17-16+/t26-,27-,28+,29+,33+,34-,37-,38?,40-,41?,44?,45+,46?/m1/s1. The molecule has 0 bridgehead atoms. The van der Waals surface area contributed by atoms with Crippen LogP contribution in [0.4, 0.5) is 4.79 Å². The Labute approximate surface area is 359 Å². The number of carbonyl (C=O) groups is 5. The van der Waals surface area contributed by atoms with Gasteiger partial charge in [-0.25, -0.2) is 4.79 Å². The zero-order valence-corrected chi connectivity index (χ0v) is 37.5. The first kappa shape index (κ1) is 47.8. The molecule has 2 N–H and O–H groups in total. The number of Topliss-reactive ketones (excluding diaryl/α,β-unsaturated/α-hetero) is 2. The molecule has 3 aliphatic rings. The molecular formula is C46H65N3O12. The van der Waals surface area contributed by atoms with Gasteiger partial charge >= 0.3 is 18.0 Å². The fraction of sp³-hybridized carbons (Fsp3) is 0.652. The van der Waals surface area contributed by atoms with Gasteiger partial charge in [-0.1, -0.05) is 58.0 Å². The van der Waals surface area contributed by atoms with Gasteiger partial charge in [0.25, 0.3) is 0 Å². The van der Waals surface area contributed by atoms with Crippen molar-refractivity contribution in [3.63, 3.8) is 0 Å². The summed E-state index contributed by atoms with van der Waals surface area (Å²) in [6, 6.07) is 8.42. The topological polar surface area (TPSA) is 189 Å². The van der Waals surface area contributed by atoms with E-state index in [1.807, 2.05) is 62.3 Å². The number of pyridine rings is 1. The molecule has 5 rings (SSSR count). The third-order valence-electron chi connectivity index (χ3n) is 12.9. The summed E-state index contributed by atoms with van der Waals surface area (Å²) in [7, 11) is 3.68. The molecule has 1 amide bonds. The number of alkyl carbamates (subject to hydrolysis) is 1. The van der Waals surface area contributed by atoms with Gasteiger partial charge in [0.05, 0.1) is 49.0 Å². The van der Waals surface area contributed by atoms with Gasteiger partial charge in [-0.3, -0.25) is 24.2 Å². The highest BCUT2D eigenvalue weighted by molar-refractivity contribution is 6.07. The highest BCUT2D eigenvalue weighted by Gasteiger charge is 2.59. The number of para-hydroxylation sites is 1. The Bertz CT molecular complexity index is 1960. The number of ether oxygens (including phenoxy) is 6. The number of esters is 2. The van der Waals surface area contributed by atoms with Crippen molar-refractivity contribution in [2.75, 3.05) is 27.3 Å². The number of likely N-dealkylation sites (N-methyl/N-ethyl adjacent to an activating group) is 1. The molecule has 1 aromatic carbocycles. The van der Waals surface area contributed by atoms with Crippen LogP contribution < -0.4 is 5.32 Å². The lowest BCUT2D eigenvalue weighted by Crippen LogP contribution is -2.61. The van der Waals surface area contributed by atoms with E-state index in [1.165, 1.54) is 6.92 Å². The van der Waals surface area contributed by atoms with Crippen LogP contribution in [0.15, 0.2) is 42.6 Å². The average molecular weight is 852 g/mol. The number of fused-ring (bicyclic) bond motifs is 2. The van der Waals surface area contributed by atoms with E-state index in [4.69, 9.17) is 28.4 Å². The van der Waals surface area contributed by atoms with Gasteiger partial charge in [-0.2, -0.15) is 0 Å². The average Bonchev–Trinajstić information content (AvgIpc) is 3.53. The van der Waals surface area contributed by atoms with Crippen LogP contribution in [0.3, 0.4) is 0 Å². The molecule has 0 spiro atoms. The second-order valence-electron chi connectivity index (χ2n) is 17.9. The number of carbonyl (C=O) groups excluding carboxylic acids is 5. The number of hydrogen-bond donors (Lipinski definition) is 2. The van der Waals surface area contributed by atoms with Crippen LogP contribution >= 0.6 is 0 Å². The molecule has 4 unspecified atom stereocenters. The molecule has 4 heterocycles. The van der Waals surface area contributed by atoms with E-state index in [9.17, 15) is 24.3 Å². The van der Waals surface area contributed by atoms with E-state index in [0.29, 0.717) is 6.42 Å². The van der Waals surface area contributed by atoms with Crippen LogP contribution in [0, 0.1) is 23.2 Å². The van der Waals surface area contributed by atoms with Crippen LogP contribution in [-0.2, 0) is 47.6 Å². The number of ketones is 2. The van der Waals surface area contributed by atoms with E-state index in [2.05, 4.69) is 10.3 Å². The largest absolute Gasteiger partial charge is 0.466 e. The fourth-order valence-corrected chi connectivity index (χ4v) is 9.49. The summed E-state index contributed by atoms with van der Waals surface area (Å²) in [5.41, 5.74) is -3.51. The van der Waals surface area contributed by atoms with E-state index < -0.39 is 95.3 Å². The normalized spacial score (nSPS) is 36.6. The van der Waals surface area contributed by atoms with Gasteiger partial charge in [0, 0.05) is 35.4 Å². The highest BCUT2D eigenvalue weighted by atomic mass is 16.7. The monoisotopic (exact) mass is 851 g/mol. The summed E-state index contributed by atoms with van der Waals surface area (Å²) in [5, 5.41) is 15.5. The van der Waals surface area contributed by atoms with Crippen molar-refractivity contribution in [2.24, 2.45) is 23.2 Å². The molecular weight excluding hydrogens is 787 g/mol. The van der Waals surface area contributed by atoms with Gasteiger partial charge < -0.3 is 43.7 Å². The van der Waals surface area contributed by atoms with Crippen molar-refractivity contribution < 1.29 is 57.5 Å². The Morgan fingerprint density at radius 2 is 1.75 bits per heavy atom. The van der Waals surface area contributed by atoms with Crippen LogP contribution in [0.25, 0.3) is 17.0 Å². The summed E-state index contributed by atoms with van der Waals surface area (Å²) in [6.45, 7) is 14.9. The third-order valence-corrected chi connectivity index (χ3v) is 12.9. The first-order valence-electron chi connectivity index (χ1n) is 21.4. The summed E-state index contributed by atoms with van der Waals surface area (Å²) in [6.07, 6.45) is -0.626. The Balaban J connectivity index is 1.65. The Kier molecular flexibility index (Phi) is 15.2. The van der Waals surface area contributed by atoms with E-state index in [1.54, 1.807) is 60.7 Å². The molecule has 13 atom stereocenters. The summed E-state index contributed by atoms with van der Waals surface area (Å²) in [5.74, 6) is -5.66. The van der Waals surface area contributed by atoms with Crippen LogP contribution in [0.2, 0.25) is 0 Å². The minimum absolute atomic E-state index is 0.000959. The number of nitrogens with zero attached hydrogens (tertiary/aromatic N) is 2. The maximum absolute atomic E-state index is 15.3. The van der Waals surface area contributed by atoms with Crippen molar-refractivity contribution in [3.05, 3.63) is 48.2 Å². The van der Waals surface area contributed by atoms with Crippen molar-refractivity contribution in [3.8, 4) is 0 Å². The number of aliphatic hydroxyl groups is 1. The molecule has 15 heteroatoms. The SMILES string of the molecule is CCOC(=O)CC1(C)C(=O)O[C@H](CC)C2(C)OC(=O)NC2[C@@H](C)C(=O)[C@H](C)C[C@](C)(OC/C=C/c2cnc3ccccc3c2)[C@H](OC2O[C@H](C)C[C@H](N(C)C)[C@H]2O)[C@@H](C)C1=O. The van der Waals surface area contributed by atoms with E-state index >= 15 is 4.79 Å². The summed E-state index contributed by atoms with van der Waals surface area (Å²) in [4.78, 5) is 77.2. The van der Waals surface area contributed by atoms with Gasteiger partial charge in [0.15, 0.2) is 17.7 Å². The quantitative estimate of drug-likeness (QED) is 0.165. The molecule has 2 aromatic rings. The number of benzene rings is 1. The lowest BCUT2D eigenvalue weighted by atomic mass is 9.70. The zero-order valence-electron chi connectivity index (χ0n) is 37.5. The minimum Gasteiger partial charge on any atom is -0.466 e. The number of cyclic esters (lactones) is 1. The summed E-state index contributed by atoms with van der Waals surface area (Å²) >= 11 is 0. The first-order chi connectivity index (χ1) is 28.7. The van der Waals surface area contributed by atoms with Gasteiger partial charge in [-0.05, 0) is 85.7 Å². The van der Waals surface area contributed by atoms with Crippen molar-refractivity contribution in [1.82, 2.24) is 15.2 Å². The van der Waals surface area contributed by atoms with Crippen LogP contribution in [0.1, 0.15) is 93.6 Å². The lowest BCUT2D eigenvalue weighted by Gasteiger charge is -2.48. The van der Waals surface area contributed by atoms with Crippen LogP contribution in [-0.4, -0.2) is 126 Å². The number of aromatic nitrogens is 1. The second-order valence-corrected chi connectivity index (χ2v) is 17.9. The van der Waals surface area contributed by atoms with E-state index in [0.717, 1.165) is 16.5 Å². The number of hydrogen-bond acceptors (Lipinski definition) is 14. The second kappa shape index (κ2) is 19.4. The highest BCUT2D eigenvalue weighted by Crippen LogP contribution is 2.43. The predicted octanol–water partition coefficient (Wildman–Crippen LogP) is 5.43. The number of nitrogens with one attached hydrogen (secondary N) is 1. The van der Waals surface area contributed by atoms with Gasteiger partial charge in [-0.15, -0.1) is 0 Å². The molecule has 3 saturated heterocycles. The van der Waals surface area contributed by atoms with Gasteiger partial charge in [0.2, 0.25) is 0 Å². The maximum atomic E-state index is 15.3. The first-order valence-corrected chi connectivity index (χ1v) is 21.4. The van der Waals surface area contributed by atoms with Crippen molar-refractivity contribution >= 4 is 46.6 Å². The number of amides is 1.